The molecule has 0 atom stereocenters. The molecule has 0 spiro atoms. The average Bonchev–Trinajstić information content (AvgIpc) is 2.78. The minimum Gasteiger partial charge on any atom is -0.497 e. The second-order valence-electron chi connectivity index (χ2n) is 7.11. The molecule has 6 nitrogen and oxygen atoms in total. The zero-order valence-electron chi connectivity index (χ0n) is 17.6. The molecule has 31 heavy (non-hydrogen) atoms. The second kappa shape index (κ2) is 10.1. The molecule has 0 saturated carbocycles. The molecule has 7 heteroatoms. The number of methoxy groups -OCH3 is 1. The summed E-state index contributed by atoms with van der Waals surface area (Å²) in [5.74, 6) is 0.228. The Hall–Kier alpha value is -3.32. The second-order valence-corrected chi connectivity index (χ2v) is 8.97. The highest BCUT2D eigenvalue weighted by Gasteiger charge is 2.27. The van der Waals surface area contributed by atoms with Crippen LogP contribution in [0, 0.1) is 6.92 Å². The van der Waals surface area contributed by atoms with Gasteiger partial charge in [-0.05, 0) is 55.3 Å². The maximum absolute atomic E-state index is 13.3. The molecule has 0 bridgehead atoms. The highest BCUT2D eigenvalue weighted by Crippen LogP contribution is 2.26. The minimum absolute atomic E-state index is 0.131. The number of hydrogen-bond acceptors (Lipinski definition) is 4. The average molecular weight is 439 g/mol. The monoisotopic (exact) mass is 438 g/mol. The molecule has 0 aliphatic carbocycles. The van der Waals surface area contributed by atoms with E-state index in [1.54, 1.807) is 48.5 Å². The Morgan fingerprint density at radius 1 is 0.935 bits per heavy atom. The van der Waals surface area contributed by atoms with Crippen LogP contribution >= 0.6 is 0 Å². The third kappa shape index (κ3) is 5.86. The summed E-state index contributed by atoms with van der Waals surface area (Å²) in [4.78, 5) is 12.8. The van der Waals surface area contributed by atoms with E-state index in [2.05, 4.69) is 5.32 Å². The molecule has 0 aromatic heterocycles. The van der Waals surface area contributed by atoms with Crippen LogP contribution < -0.4 is 14.4 Å². The number of nitrogens with zero attached hydrogens (tertiary/aromatic N) is 1. The first kappa shape index (κ1) is 22.4. The van der Waals surface area contributed by atoms with Crippen molar-refractivity contribution in [2.45, 2.75) is 18.2 Å². The number of nitrogens with one attached hydrogen (secondary N) is 1. The summed E-state index contributed by atoms with van der Waals surface area (Å²) < 4.78 is 33.0. The fraction of sp³-hybridized carbons (Fsp3) is 0.208. The predicted octanol–water partition coefficient (Wildman–Crippen LogP) is 3.56. The lowest BCUT2D eigenvalue weighted by Gasteiger charge is -2.24. The number of sulfonamides is 1. The first-order valence-corrected chi connectivity index (χ1v) is 11.4. The molecule has 0 aliphatic heterocycles. The van der Waals surface area contributed by atoms with Gasteiger partial charge in [-0.15, -0.1) is 0 Å². The number of carbonyl (C=O) groups is 1. The number of rotatable bonds is 9. The van der Waals surface area contributed by atoms with Gasteiger partial charge in [-0.3, -0.25) is 9.10 Å². The molecule has 3 aromatic rings. The molecule has 3 rings (SSSR count). The van der Waals surface area contributed by atoms with Gasteiger partial charge in [0.15, 0.2) is 0 Å². The molecule has 0 heterocycles. The van der Waals surface area contributed by atoms with Gasteiger partial charge in [0, 0.05) is 6.54 Å². The SMILES string of the molecule is COc1ccc(N(CC(=O)NCCc2ccccc2)S(=O)(=O)c2ccc(C)cc2)cc1. The topological polar surface area (TPSA) is 75.7 Å². The van der Waals surface area contributed by atoms with E-state index >= 15 is 0 Å². The highest BCUT2D eigenvalue weighted by atomic mass is 32.2. The van der Waals surface area contributed by atoms with Crippen molar-refractivity contribution in [3.05, 3.63) is 90.0 Å². The summed E-state index contributed by atoms with van der Waals surface area (Å²) in [6.45, 7) is 1.99. The van der Waals surface area contributed by atoms with Gasteiger partial charge in [-0.2, -0.15) is 0 Å². The third-order valence-electron chi connectivity index (χ3n) is 4.84. The Kier molecular flexibility index (Phi) is 7.31. The fourth-order valence-corrected chi connectivity index (χ4v) is 4.50. The van der Waals surface area contributed by atoms with Crippen molar-refractivity contribution >= 4 is 21.6 Å². The van der Waals surface area contributed by atoms with Crippen LogP contribution in [-0.2, 0) is 21.2 Å². The smallest absolute Gasteiger partial charge is 0.264 e. The summed E-state index contributed by atoms with van der Waals surface area (Å²) in [6.07, 6.45) is 0.666. The third-order valence-corrected chi connectivity index (χ3v) is 6.62. The van der Waals surface area contributed by atoms with Crippen LogP contribution in [0.2, 0.25) is 0 Å². The molecular formula is C24H26N2O4S. The lowest BCUT2D eigenvalue weighted by Crippen LogP contribution is -2.41. The van der Waals surface area contributed by atoms with Crippen molar-refractivity contribution in [2.24, 2.45) is 0 Å². The summed E-state index contributed by atoms with van der Waals surface area (Å²) in [5.41, 5.74) is 2.44. The van der Waals surface area contributed by atoms with Crippen molar-refractivity contribution < 1.29 is 17.9 Å². The zero-order valence-corrected chi connectivity index (χ0v) is 18.4. The van der Waals surface area contributed by atoms with E-state index in [1.165, 1.54) is 7.11 Å². The van der Waals surface area contributed by atoms with E-state index in [-0.39, 0.29) is 17.3 Å². The molecule has 0 saturated heterocycles. The minimum atomic E-state index is -3.93. The van der Waals surface area contributed by atoms with Gasteiger partial charge in [0.05, 0.1) is 17.7 Å². The molecule has 3 aromatic carbocycles. The standard InChI is InChI=1S/C24H26N2O4S/c1-19-8-14-23(15-9-19)31(28,29)26(21-10-12-22(30-2)13-11-21)18-24(27)25-17-16-20-6-4-3-5-7-20/h3-15H,16-18H2,1-2H3,(H,25,27). The van der Waals surface area contributed by atoms with Gasteiger partial charge in [-0.1, -0.05) is 48.0 Å². The van der Waals surface area contributed by atoms with Crippen LogP contribution in [0.4, 0.5) is 5.69 Å². The Morgan fingerprint density at radius 2 is 1.58 bits per heavy atom. The molecule has 0 aliphatic rings. The highest BCUT2D eigenvalue weighted by molar-refractivity contribution is 7.92. The number of hydrogen-bond donors (Lipinski definition) is 1. The maximum Gasteiger partial charge on any atom is 0.264 e. The number of anilines is 1. The lowest BCUT2D eigenvalue weighted by molar-refractivity contribution is -0.119. The predicted molar refractivity (Wildman–Crippen MR) is 122 cm³/mol. The molecule has 0 fully saturated rings. The van der Waals surface area contributed by atoms with Crippen molar-refractivity contribution in [3.8, 4) is 5.75 Å². The number of ether oxygens (including phenoxy) is 1. The maximum atomic E-state index is 13.3. The van der Waals surface area contributed by atoms with Crippen LogP contribution in [0.15, 0.2) is 83.8 Å². The normalized spacial score (nSPS) is 11.0. The molecule has 1 N–H and O–H groups in total. The number of carbonyl (C=O) groups excluding carboxylic acids is 1. The number of benzene rings is 3. The van der Waals surface area contributed by atoms with Gasteiger partial charge in [0.2, 0.25) is 5.91 Å². The van der Waals surface area contributed by atoms with Gasteiger partial charge in [0.1, 0.15) is 12.3 Å². The summed E-state index contributed by atoms with van der Waals surface area (Å²) in [5, 5.41) is 2.82. The van der Waals surface area contributed by atoms with Crippen LogP contribution in [-0.4, -0.2) is 34.5 Å². The van der Waals surface area contributed by atoms with Crippen molar-refractivity contribution in [1.82, 2.24) is 5.32 Å². The van der Waals surface area contributed by atoms with Gasteiger partial charge < -0.3 is 10.1 Å². The van der Waals surface area contributed by atoms with E-state index in [0.29, 0.717) is 24.4 Å². The van der Waals surface area contributed by atoms with Gasteiger partial charge in [0.25, 0.3) is 10.0 Å². The molecule has 162 valence electrons. The Balaban J connectivity index is 1.79. The quantitative estimate of drug-likeness (QED) is 0.554. The largest absolute Gasteiger partial charge is 0.497 e. The summed E-state index contributed by atoms with van der Waals surface area (Å²) in [7, 11) is -2.39. The molecule has 0 unspecified atom stereocenters. The van der Waals surface area contributed by atoms with E-state index in [0.717, 1.165) is 15.4 Å². The summed E-state index contributed by atoms with van der Waals surface area (Å²) >= 11 is 0. The Labute approximate surface area is 183 Å². The van der Waals surface area contributed by atoms with Gasteiger partial charge >= 0.3 is 0 Å². The molecule has 1 amide bonds. The first-order chi connectivity index (χ1) is 14.9. The first-order valence-electron chi connectivity index (χ1n) is 9.94. The number of aryl methyl sites for hydroxylation is 1. The molecule has 0 radical (unpaired) electrons. The Morgan fingerprint density at radius 3 is 2.19 bits per heavy atom. The van der Waals surface area contributed by atoms with Crippen molar-refractivity contribution in [1.29, 1.82) is 0 Å². The fourth-order valence-electron chi connectivity index (χ4n) is 3.08. The zero-order chi connectivity index (χ0) is 22.3. The number of amides is 1. The molecular weight excluding hydrogens is 412 g/mol. The van der Waals surface area contributed by atoms with E-state index < -0.39 is 10.0 Å². The van der Waals surface area contributed by atoms with E-state index in [9.17, 15) is 13.2 Å². The lowest BCUT2D eigenvalue weighted by atomic mass is 10.1. The van der Waals surface area contributed by atoms with Crippen molar-refractivity contribution in [3.63, 3.8) is 0 Å². The van der Waals surface area contributed by atoms with Crippen molar-refractivity contribution in [2.75, 3.05) is 24.5 Å². The van der Waals surface area contributed by atoms with Crippen LogP contribution in [0.3, 0.4) is 0 Å². The van der Waals surface area contributed by atoms with Gasteiger partial charge in [-0.25, -0.2) is 8.42 Å². The summed E-state index contributed by atoms with van der Waals surface area (Å²) in [6, 6.07) is 22.9. The Bertz CT molecular complexity index is 1100. The van der Waals surface area contributed by atoms with E-state index in [4.69, 9.17) is 4.74 Å². The van der Waals surface area contributed by atoms with E-state index in [1.807, 2.05) is 37.3 Å². The van der Waals surface area contributed by atoms with Crippen LogP contribution in [0.1, 0.15) is 11.1 Å². The van der Waals surface area contributed by atoms with Crippen LogP contribution in [0.25, 0.3) is 0 Å². The van der Waals surface area contributed by atoms with Crippen LogP contribution in [0.5, 0.6) is 5.75 Å².